The smallest absolute Gasteiger partial charge is 0.421 e. The number of ether oxygens (including phenoxy) is 1. The van der Waals surface area contributed by atoms with E-state index in [1.807, 2.05) is 0 Å². The minimum Gasteiger partial charge on any atom is -0.478 e. The van der Waals surface area contributed by atoms with Crippen LogP contribution in [0.3, 0.4) is 0 Å². The monoisotopic (exact) mass is 482 g/mol. The molecule has 0 atom stereocenters. The number of benzene rings is 1. The molecule has 10 heteroatoms. The number of halogens is 4. The maximum Gasteiger partial charge on any atom is 0.421 e. The number of carbonyl (C=O) groups excluding carboxylic acids is 1. The van der Waals surface area contributed by atoms with Crippen LogP contribution in [0.5, 0.6) is 11.6 Å². The number of carboxylic acid groups (broad SMARTS) is 1. The van der Waals surface area contributed by atoms with E-state index in [-0.39, 0.29) is 17.5 Å². The van der Waals surface area contributed by atoms with Gasteiger partial charge in [-0.05, 0) is 57.6 Å². The molecule has 0 radical (unpaired) electrons. The van der Waals surface area contributed by atoms with E-state index in [1.54, 1.807) is 13.8 Å². The van der Waals surface area contributed by atoms with E-state index in [2.05, 4.69) is 11.9 Å². The zero-order valence-electron chi connectivity index (χ0n) is 19.0. The molecule has 0 bridgehead atoms. The molecule has 184 valence electrons. The Labute approximate surface area is 194 Å². The normalized spacial score (nSPS) is 18.6. The van der Waals surface area contributed by atoms with Crippen LogP contribution in [0, 0.1) is 17.7 Å². The molecule has 1 saturated carbocycles. The molecule has 1 heterocycles. The third-order valence-electron chi connectivity index (χ3n) is 5.94. The van der Waals surface area contributed by atoms with Crippen molar-refractivity contribution in [2.24, 2.45) is 11.8 Å². The number of aromatic nitrogens is 1. The van der Waals surface area contributed by atoms with Crippen LogP contribution in [0.25, 0.3) is 0 Å². The zero-order chi connectivity index (χ0) is 25.2. The summed E-state index contributed by atoms with van der Waals surface area (Å²) >= 11 is 0. The number of aromatic carboxylic acids is 1. The van der Waals surface area contributed by atoms with Gasteiger partial charge in [-0.3, -0.25) is 4.79 Å². The number of carbonyl (C=O) groups is 2. The molecule has 6 nitrogen and oxygen atoms in total. The lowest BCUT2D eigenvalue weighted by Crippen LogP contribution is -2.43. The second-order valence-electron chi connectivity index (χ2n) is 8.82. The first-order valence-corrected chi connectivity index (χ1v) is 11.0. The van der Waals surface area contributed by atoms with Gasteiger partial charge in [-0.2, -0.15) is 13.2 Å². The molecule has 1 fully saturated rings. The van der Waals surface area contributed by atoms with E-state index < -0.39 is 46.8 Å². The van der Waals surface area contributed by atoms with Gasteiger partial charge in [0.25, 0.3) is 0 Å². The van der Waals surface area contributed by atoms with Crippen molar-refractivity contribution in [2.45, 2.75) is 58.7 Å². The van der Waals surface area contributed by atoms with Gasteiger partial charge in [0.1, 0.15) is 5.56 Å². The van der Waals surface area contributed by atoms with Gasteiger partial charge >= 0.3 is 12.1 Å². The lowest BCUT2D eigenvalue weighted by molar-refractivity contribution is -0.139. The van der Waals surface area contributed by atoms with Crippen molar-refractivity contribution in [1.29, 1.82) is 0 Å². The molecular weight excluding hydrogens is 456 g/mol. The first-order valence-electron chi connectivity index (χ1n) is 11.0. The first-order chi connectivity index (χ1) is 15.9. The number of hydrogen-bond acceptors (Lipinski definition) is 4. The van der Waals surface area contributed by atoms with E-state index in [4.69, 9.17) is 4.74 Å². The Kier molecular flexibility index (Phi) is 7.48. The quantitative estimate of drug-likeness (QED) is 0.489. The molecule has 1 amide bonds. The van der Waals surface area contributed by atoms with Crippen molar-refractivity contribution < 1.29 is 37.0 Å². The van der Waals surface area contributed by atoms with Crippen molar-refractivity contribution in [3.63, 3.8) is 0 Å². The van der Waals surface area contributed by atoms with E-state index >= 15 is 4.39 Å². The lowest BCUT2D eigenvalue weighted by atomic mass is 9.82. The fourth-order valence-corrected chi connectivity index (χ4v) is 4.14. The molecular formula is C24H26F4N2O4. The molecule has 3 rings (SSSR count). The lowest BCUT2D eigenvalue weighted by Gasteiger charge is -2.34. The van der Waals surface area contributed by atoms with E-state index in [0.29, 0.717) is 18.8 Å². The van der Waals surface area contributed by atoms with Gasteiger partial charge < -0.3 is 14.7 Å². The molecule has 1 aliphatic carbocycles. The first kappa shape index (κ1) is 25.5. The van der Waals surface area contributed by atoms with Crippen LogP contribution in [0.4, 0.5) is 23.2 Å². The second kappa shape index (κ2) is 9.99. The maximum atomic E-state index is 15.0. The molecule has 1 aromatic heterocycles. The number of alkyl halides is 3. The SMILES string of the molecule is CC1CCC(C(=O)N(c2cc(F)c(Oc3ncccc3C(F)(F)F)cc2C(=O)O)C(C)C)CC1. The average molecular weight is 482 g/mol. The molecule has 0 aliphatic heterocycles. The highest BCUT2D eigenvalue weighted by molar-refractivity contribution is 6.03. The number of pyridine rings is 1. The number of hydrogen-bond donors (Lipinski definition) is 1. The summed E-state index contributed by atoms with van der Waals surface area (Å²) in [7, 11) is 0. The Balaban J connectivity index is 2.02. The molecule has 2 aromatic rings. The number of rotatable bonds is 6. The highest BCUT2D eigenvalue weighted by Crippen LogP contribution is 2.39. The Bertz CT molecular complexity index is 1060. The summed E-state index contributed by atoms with van der Waals surface area (Å²) in [6.45, 7) is 5.46. The van der Waals surface area contributed by atoms with E-state index in [1.165, 1.54) is 4.90 Å². The Morgan fingerprint density at radius 2 is 1.82 bits per heavy atom. The Morgan fingerprint density at radius 1 is 1.18 bits per heavy atom. The van der Waals surface area contributed by atoms with Gasteiger partial charge in [0, 0.05) is 30.3 Å². The van der Waals surface area contributed by atoms with Crippen molar-refractivity contribution in [3.8, 4) is 11.6 Å². The van der Waals surface area contributed by atoms with Crippen molar-refractivity contribution in [3.05, 3.63) is 47.4 Å². The van der Waals surface area contributed by atoms with Gasteiger partial charge in [-0.1, -0.05) is 6.92 Å². The number of anilines is 1. The van der Waals surface area contributed by atoms with Crippen molar-refractivity contribution in [1.82, 2.24) is 4.98 Å². The summed E-state index contributed by atoms with van der Waals surface area (Å²) < 4.78 is 59.9. The minimum atomic E-state index is -4.81. The molecule has 0 saturated heterocycles. The number of carboxylic acids is 1. The molecule has 0 unspecified atom stereocenters. The second-order valence-corrected chi connectivity index (χ2v) is 8.82. The minimum absolute atomic E-state index is 0.173. The summed E-state index contributed by atoms with van der Waals surface area (Å²) in [6, 6.07) is 2.89. The summed E-state index contributed by atoms with van der Waals surface area (Å²) in [5.74, 6) is -4.38. The van der Waals surface area contributed by atoms with Crippen LogP contribution in [0.2, 0.25) is 0 Å². The standard InChI is InChI=1S/C24H26F4N2O4/c1-13(2)30(22(31)15-8-6-14(3)7-9-15)19-12-18(25)20(11-16(19)23(32)33)34-21-17(24(26,27)28)5-4-10-29-21/h4-5,10-15H,6-9H2,1-3H3,(H,32,33). The predicted octanol–water partition coefficient (Wildman–Crippen LogP) is 6.30. The van der Waals surface area contributed by atoms with Crippen LogP contribution in [0.1, 0.15) is 62.4 Å². The molecule has 34 heavy (non-hydrogen) atoms. The summed E-state index contributed by atoms with van der Waals surface area (Å²) in [4.78, 5) is 30.1. The third-order valence-corrected chi connectivity index (χ3v) is 5.94. The van der Waals surface area contributed by atoms with E-state index in [0.717, 1.165) is 43.3 Å². The fraction of sp³-hybridized carbons (Fsp3) is 0.458. The topological polar surface area (TPSA) is 79.7 Å². The summed E-state index contributed by atoms with van der Waals surface area (Å²) in [5.41, 5.74) is -1.87. The Hall–Kier alpha value is -3.17. The highest BCUT2D eigenvalue weighted by atomic mass is 19.4. The van der Waals surface area contributed by atoms with Crippen LogP contribution in [-0.4, -0.2) is 28.0 Å². The largest absolute Gasteiger partial charge is 0.478 e. The molecule has 1 aliphatic rings. The molecule has 1 aromatic carbocycles. The van der Waals surface area contributed by atoms with Gasteiger partial charge in [0.05, 0.1) is 11.3 Å². The van der Waals surface area contributed by atoms with Crippen molar-refractivity contribution >= 4 is 17.6 Å². The van der Waals surface area contributed by atoms with Gasteiger partial charge in [-0.25, -0.2) is 14.2 Å². The molecule has 1 N–H and O–H groups in total. The van der Waals surface area contributed by atoms with Crippen LogP contribution in [-0.2, 0) is 11.0 Å². The maximum absolute atomic E-state index is 15.0. The van der Waals surface area contributed by atoms with Gasteiger partial charge in [0.15, 0.2) is 11.6 Å². The predicted molar refractivity (Wildman–Crippen MR) is 116 cm³/mol. The van der Waals surface area contributed by atoms with Crippen LogP contribution < -0.4 is 9.64 Å². The van der Waals surface area contributed by atoms with Crippen LogP contribution in [0.15, 0.2) is 30.5 Å². The summed E-state index contributed by atoms with van der Waals surface area (Å²) in [6.07, 6.45) is -0.751. The fourth-order valence-electron chi connectivity index (χ4n) is 4.14. The average Bonchev–Trinajstić information content (AvgIpc) is 2.75. The zero-order valence-corrected chi connectivity index (χ0v) is 19.0. The van der Waals surface area contributed by atoms with Crippen molar-refractivity contribution in [2.75, 3.05) is 4.90 Å². The van der Waals surface area contributed by atoms with Gasteiger partial charge in [-0.15, -0.1) is 0 Å². The van der Waals surface area contributed by atoms with Crippen LogP contribution >= 0.6 is 0 Å². The third kappa shape index (κ3) is 5.48. The summed E-state index contributed by atoms with van der Waals surface area (Å²) in [5, 5.41) is 9.78. The van der Waals surface area contributed by atoms with Gasteiger partial charge in [0.2, 0.25) is 11.8 Å². The molecule has 0 spiro atoms. The number of nitrogens with zero attached hydrogens (tertiary/aromatic N) is 2. The van der Waals surface area contributed by atoms with E-state index in [9.17, 15) is 27.9 Å². The highest BCUT2D eigenvalue weighted by Gasteiger charge is 2.36. The number of amides is 1. The Morgan fingerprint density at radius 3 is 2.38 bits per heavy atom.